The van der Waals surface area contributed by atoms with E-state index in [4.69, 9.17) is 16.3 Å². The van der Waals surface area contributed by atoms with Crippen LogP contribution >= 0.6 is 34.2 Å². The van der Waals surface area contributed by atoms with Gasteiger partial charge in [-0.3, -0.25) is 0 Å². The number of rotatable bonds is 7. The van der Waals surface area contributed by atoms with Crippen molar-refractivity contribution in [3.05, 3.63) is 88.6 Å². The van der Waals surface area contributed by atoms with Gasteiger partial charge >= 0.3 is 0 Å². The highest BCUT2D eigenvalue weighted by atomic mass is 127. The number of hydrogen-bond donors (Lipinski definition) is 2. The number of aromatic amines is 1. The number of alkyl halides is 1. The lowest BCUT2D eigenvalue weighted by Gasteiger charge is -2.33. The predicted octanol–water partition coefficient (Wildman–Crippen LogP) is 5.63. The number of halogens is 2. The smallest absolute Gasteiger partial charge is 0.246 e. The molecular weight excluding hydrogens is 623 g/mol. The molecule has 0 spiro atoms. The zero-order valence-corrected chi connectivity index (χ0v) is 23.5. The Morgan fingerprint density at radius 1 is 1.16 bits per heavy atom. The molecule has 10 heteroatoms. The van der Waals surface area contributed by atoms with E-state index >= 15 is 0 Å². The van der Waals surface area contributed by atoms with Crippen LogP contribution < -0.4 is 10.1 Å². The number of nitrogens with zero attached hydrogens (tertiary/aromatic N) is 2. The first-order valence-electron chi connectivity index (χ1n) is 11.7. The van der Waals surface area contributed by atoms with Crippen LogP contribution in [0.25, 0.3) is 10.9 Å². The number of benzene rings is 3. The Morgan fingerprint density at radius 3 is 2.81 bits per heavy atom. The minimum atomic E-state index is -3.95. The highest BCUT2D eigenvalue weighted by Crippen LogP contribution is 2.34. The van der Waals surface area contributed by atoms with Gasteiger partial charge in [-0.05, 0) is 60.0 Å². The van der Waals surface area contributed by atoms with Crippen LogP contribution in [0, 0.1) is 11.3 Å². The summed E-state index contributed by atoms with van der Waals surface area (Å²) in [5.41, 5.74) is 3.40. The fraction of sp³-hybridized carbons (Fsp3) is 0.222. The van der Waals surface area contributed by atoms with E-state index in [9.17, 15) is 13.7 Å². The number of piperazine rings is 1. The molecule has 5 rings (SSSR count). The Kier molecular flexibility index (Phi) is 7.74. The van der Waals surface area contributed by atoms with Crippen LogP contribution in [0.5, 0.6) is 11.5 Å². The molecule has 3 aromatic carbocycles. The second-order valence-electron chi connectivity index (χ2n) is 8.88. The van der Waals surface area contributed by atoms with E-state index < -0.39 is 10.0 Å². The van der Waals surface area contributed by atoms with E-state index in [1.54, 1.807) is 12.1 Å². The van der Waals surface area contributed by atoms with Crippen molar-refractivity contribution in [3.8, 4) is 17.6 Å². The Morgan fingerprint density at radius 2 is 2.00 bits per heavy atom. The summed E-state index contributed by atoms with van der Waals surface area (Å²) in [7, 11) is -3.95. The molecule has 0 amide bonds. The summed E-state index contributed by atoms with van der Waals surface area (Å²) in [6, 6.07) is 19.8. The summed E-state index contributed by atoms with van der Waals surface area (Å²) in [6.07, 6.45) is 2.66. The molecule has 0 saturated carbocycles. The summed E-state index contributed by atoms with van der Waals surface area (Å²) < 4.78 is 36.0. The molecule has 1 aliphatic rings. The summed E-state index contributed by atoms with van der Waals surface area (Å²) in [4.78, 5) is 3.25. The first kappa shape index (κ1) is 26.0. The maximum Gasteiger partial charge on any atom is 0.246 e. The van der Waals surface area contributed by atoms with Crippen LogP contribution in [0.1, 0.15) is 16.7 Å². The maximum atomic E-state index is 13.9. The van der Waals surface area contributed by atoms with Gasteiger partial charge < -0.3 is 15.0 Å². The fourth-order valence-electron chi connectivity index (χ4n) is 4.60. The van der Waals surface area contributed by atoms with E-state index in [1.807, 2.05) is 42.6 Å². The largest absolute Gasteiger partial charge is 0.456 e. The van der Waals surface area contributed by atoms with E-state index in [-0.39, 0.29) is 22.3 Å². The SMILES string of the molecule is N#Cc1ccc(Oc2cc(Cl)cc(CI)c2)c(S(=O)(=O)N2CCN[C@@H](Cc3c[nH]c4ccccc34)C2)c1. The van der Waals surface area contributed by atoms with Crippen molar-refractivity contribution in [2.75, 3.05) is 19.6 Å². The number of hydrogen-bond acceptors (Lipinski definition) is 5. The molecule has 190 valence electrons. The molecule has 1 saturated heterocycles. The van der Waals surface area contributed by atoms with Gasteiger partial charge in [-0.2, -0.15) is 9.57 Å². The standard InChI is InChI=1S/C27H24ClIN4O3S/c28-21-9-19(14-29)10-23(13-21)36-26-6-5-18(15-30)11-27(26)37(34,35)33-8-7-31-22(17-33)12-20-16-32-25-4-2-1-3-24(20)25/h1-6,9-11,13,16,22,31-32H,7-8,12,14,17H2/t22-/m0/s1. The molecule has 1 atom stereocenters. The van der Waals surface area contributed by atoms with Crippen molar-refractivity contribution in [2.45, 2.75) is 21.8 Å². The van der Waals surface area contributed by atoms with Crippen LogP contribution in [0.2, 0.25) is 5.02 Å². The van der Waals surface area contributed by atoms with Gasteiger partial charge in [0.1, 0.15) is 16.4 Å². The summed E-state index contributed by atoms with van der Waals surface area (Å²) in [6.45, 7) is 1.14. The van der Waals surface area contributed by atoms with E-state index in [2.05, 4.69) is 39.0 Å². The number of fused-ring (bicyclic) bond motifs is 1. The molecule has 4 aromatic rings. The van der Waals surface area contributed by atoms with Gasteiger partial charge in [-0.1, -0.05) is 52.4 Å². The minimum absolute atomic E-state index is 0.0321. The summed E-state index contributed by atoms with van der Waals surface area (Å²) in [5.74, 6) is 0.602. The van der Waals surface area contributed by atoms with Crippen molar-refractivity contribution < 1.29 is 13.2 Å². The number of aromatic nitrogens is 1. The first-order chi connectivity index (χ1) is 17.9. The quantitative estimate of drug-likeness (QED) is 0.201. The molecular formula is C27H24ClIN4O3S. The average Bonchev–Trinajstić information content (AvgIpc) is 3.31. The number of ether oxygens (including phenoxy) is 1. The van der Waals surface area contributed by atoms with Gasteiger partial charge in [-0.25, -0.2) is 8.42 Å². The lowest BCUT2D eigenvalue weighted by atomic mass is 10.0. The van der Waals surface area contributed by atoms with Crippen LogP contribution in [-0.2, 0) is 20.9 Å². The second kappa shape index (κ2) is 11.0. The third-order valence-corrected chi connectivity index (χ3v) is 9.35. The van der Waals surface area contributed by atoms with Gasteiger partial charge in [0, 0.05) is 52.2 Å². The molecule has 0 radical (unpaired) electrons. The number of nitriles is 1. The number of sulfonamides is 1. The Labute approximate surface area is 234 Å². The summed E-state index contributed by atoms with van der Waals surface area (Å²) >= 11 is 8.47. The van der Waals surface area contributed by atoms with Crippen molar-refractivity contribution in [1.82, 2.24) is 14.6 Å². The van der Waals surface area contributed by atoms with Gasteiger partial charge in [0.05, 0.1) is 11.6 Å². The van der Waals surface area contributed by atoms with Gasteiger partial charge in [0.2, 0.25) is 10.0 Å². The molecule has 1 aliphatic heterocycles. The third-order valence-electron chi connectivity index (χ3n) is 6.36. The highest BCUT2D eigenvalue weighted by Gasteiger charge is 2.33. The normalized spacial score (nSPS) is 16.5. The Hall–Kier alpha value is -2.62. The lowest BCUT2D eigenvalue weighted by Crippen LogP contribution is -2.53. The highest BCUT2D eigenvalue weighted by molar-refractivity contribution is 14.1. The van der Waals surface area contributed by atoms with Crippen LogP contribution in [0.4, 0.5) is 0 Å². The molecule has 0 bridgehead atoms. The minimum Gasteiger partial charge on any atom is -0.456 e. The van der Waals surface area contributed by atoms with Crippen molar-refractivity contribution in [2.24, 2.45) is 0 Å². The molecule has 0 aliphatic carbocycles. The molecule has 1 fully saturated rings. The lowest BCUT2D eigenvalue weighted by molar-refractivity contribution is 0.296. The van der Waals surface area contributed by atoms with Crippen LogP contribution in [0.3, 0.4) is 0 Å². The van der Waals surface area contributed by atoms with Crippen molar-refractivity contribution >= 4 is 55.1 Å². The average molecular weight is 647 g/mol. The molecule has 2 heterocycles. The van der Waals surface area contributed by atoms with E-state index in [0.29, 0.717) is 36.8 Å². The number of nitrogens with one attached hydrogen (secondary N) is 2. The third kappa shape index (κ3) is 5.63. The Bertz CT molecular complexity index is 1600. The van der Waals surface area contributed by atoms with E-state index in [0.717, 1.165) is 26.5 Å². The predicted molar refractivity (Wildman–Crippen MR) is 153 cm³/mol. The molecule has 37 heavy (non-hydrogen) atoms. The van der Waals surface area contributed by atoms with Gasteiger partial charge in [0.25, 0.3) is 0 Å². The monoisotopic (exact) mass is 646 g/mol. The zero-order chi connectivity index (χ0) is 26.0. The number of H-pyrrole nitrogens is 1. The maximum absolute atomic E-state index is 13.9. The Balaban J connectivity index is 1.43. The van der Waals surface area contributed by atoms with Crippen LogP contribution in [-0.4, -0.2) is 43.4 Å². The zero-order valence-electron chi connectivity index (χ0n) is 19.7. The first-order valence-corrected chi connectivity index (χ1v) is 15.1. The summed E-state index contributed by atoms with van der Waals surface area (Å²) in [5, 5.41) is 14.6. The van der Waals surface area contributed by atoms with E-state index in [1.165, 1.54) is 16.4 Å². The number of para-hydroxylation sites is 1. The molecule has 1 aromatic heterocycles. The molecule has 7 nitrogen and oxygen atoms in total. The molecule has 0 unspecified atom stereocenters. The van der Waals surface area contributed by atoms with Crippen molar-refractivity contribution in [3.63, 3.8) is 0 Å². The fourth-order valence-corrected chi connectivity index (χ4v) is 6.92. The van der Waals surface area contributed by atoms with Crippen LogP contribution in [0.15, 0.2) is 71.8 Å². The second-order valence-corrected chi connectivity index (χ2v) is 12.0. The topological polar surface area (TPSA) is 98.2 Å². The van der Waals surface area contributed by atoms with Gasteiger partial charge in [0.15, 0.2) is 0 Å². The van der Waals surface area contributed by atoms with Gasteiger partial charge in [-0.15, -0.1) is 0 Å². The van der Waals surface area contributed by atoms with Crippen molar-refractivity contribution in [1.29, 1.82) is 5.26 Å². The molecule has 2 N–H and O–H groups in total.